The smallest absolute Gasteiger partial charge is 0.279 e. The number of rotatable bonds is 6. The van der Waals surface area contributed by atoms with E-state index in [1.807, 2.05) is 30.8 Å². The Morgan fingerprint density at radius 1 is 1.46 bits per heavy atom. The van der Waals surface area contributed by atoms with Crippen molar-refractivity contribution in [3.63, 3.8) is 0 Å². The molecule has 0 aliphatic heterocycles. The van der Waals surface area contributed by atoms with Crippen LogP contribution in [-0.2, 0) is 18.5 Å². The minimum atomic E-state index is -0.0922. The number of amides is 1. The molecule has 128 valence electrons. The van der Waals surface area contributed by atoms with Crippen LogP contribution in [0.25, 0.3) is 0 Å². The number of hydrogen-bond acceptors (Lipinski definition) is 3. The van der Waals surface area contributed by atoms with Gasteiger partial charge in [-0.3, -0.25) is 4.79 Å². The molecule has 1 aliphatic carbocycles. The normalized spacial score (nSPS) is 15.3. The van der Waals surface area contributed by atoms with Gasteiger partial charge >= 0.3 is 0 Å². The fraction of sp³-hybridized carbons (Fsp3) is 0.438. The molecule has 8 heteroatoms. The van der Waals surface area contributed by atoms with Gasteiger partial charge in [-0.1, -0.05) is 23.7 Å². The van der Waals surface area contributed by atoms with Crippen molar-refractivity contribution in [3.05, 3.63) is 39.9 Å². The number of quaternary nitrogens is 1. The van der Waals surface area contributed by atoms with Gasteiger partial charge in [0.2, 0.25) is 4.77 Å². The minimum absolute atomic E-state index is 0.0922. The lowest BCUT2D eigenvalue weighted by atomic mass is 10.3. The van der Waals surface area contributed by atoms with Crippen LogP contribution in [0, 0.1) is 4.77 Å². The summed E-state index contributed by atoms with van der Waals surface area (Å²) < 4.78 is 4.48. The Morgan fingerprint density at radius 2 is 2.17 bits per heavy atom. The van der Waals surface area contributed by atoms with Gasteiger partial charge in [0.15, 0.2) is 13.2 Å². The van der Waals surface area contributed by atoms with Gasteiger partial charge in [0.1, 0.15) is 5.82 Å². The van der Waals surface area contributed by atoms with Gasteiger partial charge in [0.05, 0.1) is 17.8 Å². The number of nitrogens with one attached hydrogen (secondary N) is 2. The molecule has 3 rings (SSSR count). The molecular formula is C16H21ClN5OS+. The van der Waals surface area contributed by atoms with Gasteiger partial charge in [-0.05, 0) is 37.2 Å². The van der Waals surface area contributed by atoms with E-state index < -0.39 is 0 Å². The van der Waals surface area contributed by atoms with E-state index in [1.54, 1.807) is 16.8 Å². The summed E-state index contributed by atoms with van der Waals surface area (Å²) in [6.07, 6.45) is 2.37. The van der Waals surface area contributed by atoms with Crippen molar-refractivity contribution >= 4 is 35.4 Å². The standard InChI is InChI=1S/C16H20ClN5OS/c1-20(9-14(23)18-13-6-4-3-5-12(13)17)10-22-16(24)21(2)15(19-22)11-7-8-11/h3-6,11H,7-10H2,1-2H3,(H,18,23)/p+1. The number of hydrogen-bond donors (Lipinski definition) is 2. The van der Waals surface area contributed by atoms with E-state index in [1.165, 1.54) is 12.8 Å². The second kappa shape index (κ2) is 7.04. The SMILES string of the molecule is Cn1c(C2CC2)nn(C[NH+](C)CC(=O)Nc2ccccc2Cl)c1=S. The van der Waals surface area contributed by atoms with Crippen LogP contribution in [0.1, 0.15) is 24.6 Å². The van der Waals surface area contributed by atoms with E-state index >= 15 is 0 Å². The van der Waals surface area contributed by atoms with Crippen LogP contribution in [-0.4, -0.2) is 33.8 Å². The summed E-state index contributed by atoms with van der Waals surface area (Å²) in [6.45, 7) is 0.859. The highest BCUT2D eigenvalue weighted by Crippen LogP contribution is 2.38. The molecule has 0 radical (unpaired) electrons. The minimum Gasteiger partial charge on any atom is -0.320 e. The second-order valence-corrected chi connectivity index (χ2v) is 7.07. The van der Waals surface area contributed by atoms with Crippen molar-refractivity contribution in [3.8, 4) is 0 Å². The summed E-state index contributed by atoms with van der Waals surface area (Å²) in [5.74, 6) is 1.50. The van der Waals surface area contributed by atoms with Crippen LogP contribution < -0.4 is 10.2 Å². The van der Waals surface area contributed by atoms with Crippen LogP contribution in [0.3, 0.4) is 0 Å². The predicted molar refractivity (Wildman–Crippen MR) is 95.8 cm³/mol. The number of anilines is 1. The van der Waals surface area contributed by atoms with Crippen molar-refractivity contribution in [1.29, 1.82) is 0 Å². The van der Waals surface area contributed by atoms with Gasteiger partial charge in [-0.15, -0.1) is 0 Å². The maximum Gasteiger partial charge on any atom is 0.279 e. The van der Waals surface area contributed by atoms with Crippen molar-refractivity contribution in [2.75, 3.05) is 18.9 Å². The van der Waals surface area contributed by atoms with E-state index in [-0.39, 0.29) is 5.91 Å². The highest BCUT2D eigenvalue weighted by Gasteiger charge is 2.29. The maximum absolute atomic E-state index is 12.2. The molecule has 2 aromatic rings. The number of halogens is 1. The van der Waals surface area contributed by atoms with Crippen LogP contribution in [0.5, 0.6) is 0 Å². The Bertz CT molecular complexity index is 811. The molecular weight excluding hydrogens is 346 g/mol. The van der Waals surface area contributed by atoms with Gasteiger partial charge in [0.25, 0.3) is 5.91 Å². The molecule has 24 heavy (non-hydrogen) atoms. The summed E-state index contributed by atoms with van der Waals surface area (Å²) in [7, 11) is 3.90. The Balaban J connectivity index is 1.60. The third-order valence-electron chi connectivity index (χ3n) is 4.05. The number of benzene rings is 1. The average molecular weight is 367 g/mol. The Kier molecular flexibility index (Phi) is 5.03. The van der Waals surface area contributed by atoms with Crippen molar-refractivity contribution in [2.45, 2.75) is 25.4 Å². The zero-order valence-corrected chi connectivity index (χ0v) is 15.3. The Morgan fingerprint density at radius 3 is 2.83 bits per heavy atom. The van der Waals surface area contributed by atoms with Crippen LogP contribution in [0.2, 0.25) is 5.02 Å². The molecule has 1 atom stereocenters. The molecule has 6 nitrogen and oxygen atoms in total. The largest absolute Gasteiger partial charge is 0.320 e. The van der Waals surface area contributed by atoms with Crippen molar-refractivity contribution in [1.82, 2.24) is 14.3 Å². The Labute approximate surface area is 151 Å². The van der Waals surface area contributed by atoms with Crippen LogP contribution in [0.15, 0.2) is 24.3 Å². The maximum atomic E-state index is 12.2. The molecule has 1 aromatic heterocycles. The second-order valence-electron chi connectivity index (χ2n) is 6.29. The lowest BCUT2D eigenvalue weighted by molar-refractivity contribution is -0.895. The van der Waals surface area contributed by atoms with Crippen LogP contribution >= 0.6 is 23.8 Å². The van der Waals surface area contributed by atoms with Gasteiger partial charge in [-0.2, -0.15) is 9.78 Å². The number of likely N-dealkylation sites (N-methyl/N-ethyl adjacent to an activating group) is 1. The number of aromatic nitrogens is 3. The molecule has 1 aromatic carbocycles. The molecule has 1 fully saturated rings. The van der Waals surface area contributed by atoms with Gasteiger partial charge in [0, 0.05) is 13.0 Å². The van der Waals surface area contributed by atoms with E-state index in [2.05, 4.69) is 10.4 Å². The summed E-state index contributed by atoms with van der Waals surface area (Å²) in [4.78, 5) is 13.2. The number of carbonyl (C=O) groups is 1. The third-order valence-corrected chi connectivity index (χ3v) is 4.86. The van der Waals surface area contributed by atoms with Gasteiger partial charge < -0.3 is 14.8 Å². The van der Waals surface area contributed by atoms with Gasteiger partial charge in [-0.25, -0.2) is 0 Å². The zero-order valence-electron chi connectivity index (χ0n) is 13.8. The summed E-state index contributed by atoms with van der Waals surface area (Å²) in [5.41, 5.74) is 0.627. The summed E-state index contributed by atoms with van der Waals surface area (Å²) in [6, 6.07) is 7.20. The van der Waals surface area contributed by atoms with E-state index in [4.69, 9.17) is 23.8 Å². The molecule has 2 N–H and O–H groups in total. The molecule has 0 spiro atoms. The molecule has 1 heterocycles. The fourth-order valence-electron chi connectivity index (χ4n) is 2.65. The van der Waals surface area contributed by atoms with Crippen molar-refractivity contribution < 1.29 is 9.69 Å². The first kappa shape index (κ1) is 17.1. The molecule has 1 amide bonds. The topological polar surface area (TPSA) is 56.3 Å². The summed E-state index contributed by atoms with van der Waals surface area (Å²) in [5, 5.41) is 7.98. The first-order valence-corrected chi connectivity index (χ1v) is 8.73. The molecule has 1 saturated carbocycles. The lowest BCUT2D eigenvalue weighted by Gasteiger charge is -2.14. The Hall–Kier alpha value is -1.70. The highest BCUT2D eigenvalue weighted by atomic mass is 35.5. The highest BCUT2D eigenvalue weighted by molar-refractivity contribution is 7.71. The average Bonchev–Trinajstić information content (AvgIpc) is 3.33. The molecule has 0 saturated heterocycles. The third kappa shape index (κ3) is 3.85. The van der Waals surface area contributed by atoms with E-state index in [0.29, 0.717) is 34.6 Å². The van der Waals surface area contributed by atoms with Crippen molar-refractivity contribution in [2.24, 2.45) is 7.05 Å². The first-order chi connectivity index (χ1) is 11.5. The molecule has 1 unspecified atom stereocenters. The summed E-state index contributed by atoms with van der Waals surface area (Å²) >= 11 is 11.5. The number of carbonyl (C=O) groups excluding carboxylic acids is 1. The molecule has 1 aliphatic rings. The monoisotopic (exact) mass is 366 g/mol. The molecule has 0 bridgehead atoms. The quantitative estimate of drug-likeness (QED) is 0.763. The first-order valence-electron chi connectivity index (χ1n) is 7.95. The fourth-order valence-corrected chi connectivity index (χ4v) is 3.03. The van der Waals surface area contributed by atoms with E-state index in [0.717, 1.165) is 10.7 Å². The predicted octanol–water partition coefficient (Wildman–Crippen LogP) is 1.59. The zero-order chi connectivity index (χ0) is 17.3. The number of para-hydroxylation sites is 1. The van der Waals surface area contributed by atoms with E-state index in [9.17, 15) is 4.79 Å². The van der Waals surface area contributed by atoms with Crippen LogP contribution in [0.4, 0.5) is 5.69 Å². The lowest BCUT2D eigenvalue weighted by Crippen LogP contribution is -3.09. The number of nitrogens with zero attached hydrogens (tertiary/aromatic N) is 3.